The van der Waals surface area contributed by atoms with E-state index in [2.05, 4.69) is 19.2 Å². The van der Waals surface area contributed by atoms with Crippen LogP contribution in [-0.2, 0) is 6.42 Å². The van der Waals surface area contributed by atoms with Crippen LogP contribution in [0.15, 0.2) is 34.9 Å². The highest BCUT2D eigenvalue weighted by molar-refractivity contribution is 6.31. The van der Waals surface area contributed by atoms with Gasteiger partial charge in [0.25, 0.3) is 0 Å². The van der Waals surface area contributed by atoms with Gasteiger partial charge in [-0.1, -0.05) is 31.5 Å². The fraction of sp³-hybridized carbons (Fsp3) is 0.375. The van der Waals surface area contributed by atoms with Crippen LogP contribution in [0.3, 0.4) is 0 Å². The first-order chi connectivity index (χ1) is 9.71. The number of ether oxygens (including phenoxy) is 1. The highest BCUT2D eigenvalue weighted by Gasteiger charge is 2.20. The predicted octanol–water partition coefficient (Wildman–Crippen LogP) is 4.20. The van der Waals surface area contributed by atoms with Crippen LogP contribution in [0.4, 0.5) is 0 Å². The van der Waals surface area contributed by atoms with E-state index < -0.39 is 0 Å². The maximum absolute atomic E-state index is 6.40. The van der Waals surface area contributed by atoms with Crippen molar-refractivity contribution in [1.29, 1.82) is 0 Å². The van der Waals surface area contributed by atoms with Gasteiger partial charge in [-0.25, -0.2) is 0 Å². The molecular weight excluding hydrogens is 274 g/mol. The minimum absolute atomic E-state index is 0.0344. The lowest BCUT2D eigenvalue weighted by Crippen LogP contribution is -2.22. The van der Waals surface area contributed by atoms with Crippen molar-refractivity contribution in [3.05, 3.63) is 52.4 Å². The van der Waals surface area contributed by atoms with Gasteiger partial charge >= 0.3 is 0 Å². The van der Waals surface area contributed by atoms with Gasteiger partial charge < -0.3 is 14.5 Å². The predicted molar refractivity (Wildman–Crippen MR) is 81.6 cm³/mol. The molecule has 0 radical (unpaired) electrons. The fourth-order valence-electron chi connectivity index (χ4n) is 2.36. The van der Waals surface area contributed by atoms with Gasteiger partial charge in [0.15, 0.2) is 0 Å². The summed E-state index contributed by atoms with van der Waals surface area (Å²) >= 11 is 6.40. The quantitative estimate of drug-likeness (QED) is 0.866. The van der Waals surface area contributed by atoms with Crippen LogP contribution in [0.2, 0.25) is 5.02 Å². The topological polar surface area (TPSA) is 34.4 Å². The highest BCUT2D eigenvalue weighted by Crippen LogP contribution is 2.33. The molecule has 1 aromatic carbocycles. The summed E-state index contributed by atoms with van der Waals surface area (Å²) < 4.78 is 10.7. The van der Waals surface area contributed by atoms with Crippen LogP contribution < -0.4 is 10.1 Å². The molecule has 0 aliphatic heterocycles. The Hall–Kier alpha value is -1.45. The van der Waals surface area contributed by atoms with Gasteiger partial charge in [0.05, 0.1) is 19.4 Å². The number of rotatable bonds is 6. The average molecular weight is 294 g/mol. The van der Waals surface area contributed by atoms with E-state index in [1.807, 2.05) is 24.3 Å². The Kier molecular flexibility index (Phi) is 5.10. The zero-order chi connectivity index (χ0) is 14.5. The summed E-state index contributed by atoms with van der Waals surface area (Å²) in [4.78, 5) is 0. The molecule has 0 saturated heterocycles. The Labute approximate surface area is 124 Å². The SMILES string of the molecule is CCNC(c1ccc(OC)cc1Cl)c1ccoc1CC. The molecule has 0 spiro atoms. The summed E-state index contributed by atoms with van der Waals surface area (Å²) in [5, 5.41) is 4.16. The summed E-state index contributed by atoms with van der Waals surface area (Å²) in [5.74, 6) is 1.75. The number of hydrogen-bond donors (Lipinski definition) is 1. The normalized spacial score (nSPS) is 12.4. The molecule has 20 heavy (non-hydrogen) atoms. The molecule has 1 aromatic heterocycles. The van der Waals surface area contributed by atoms with Crippen molar-refractivity contribution in [2.75, 3.05) is 13.7 Å². The molecule has 0 bridgehead atoms. The molecule has 2 aromatic rings. The number of aryl methyl sites for hydroxylation is 1. The Morgan fingerprint density at radius 3 is 2.65 bits per heavy atom. The Balaban J connectivity index is 2.43. The summed E-state index contributed by atoms with van der Waals surface area (Å²) in [6.45, 7) is 5.01. The molecule has 2 rings (SSSR count). The maximum atomic E-state index is 6.40. The highest BCUT2D eigenvalue weighted by atomic mass is 35.5. The molecule has 1 N–H and O–H groups in total. The zero-order valence-corrected chi connectivity index (χ0v) is 12.8. The number of nitrogens with one attached hydrogen (secondary N) is 1. The number of hydrogen-bond acceptors (Lipinski definition) is 3. The lowest BCUT2D eigenvalue weighted by Gasteiger charge is -2.20. The molecule has 0 aliphatic rings. The van der Waals surface area contributed by atoms with Crippen molar-refractivity contribution in [2.24, 2.45) is 0 Å². The van der Waals surface area contributed by atoms with Crippen molar-refractivity contribution in [3.8, 4) is 5.75 Å². The van der Waals surface area contributed by atoms with Crippen molar-refractivity contribution < 1.29 is 9.15 Å². The summed E-state index contributed by atoms with van der Waals surface area (Å²) in [7, 11) is 1.64. The minimum Gasteiger partial charge on any atom is -0.497 e. The number of furan rings is 1. The van der Waals surface area contributed by atoms with Crippen LogP contribution in [0, 0.1) is 0 Å². The largest absolute Gasteiger partial charge is 0.497 e. The van der Waals surface area contributed by atoms with Crippen LogP contribution in [-0.4, -0.2) is 13.7 Å². The van der Waals surface area contributed by atoms with Crippen molar-refractivity contribution in [1.82, 2.24) is 5.32 Å². The first kappa shape index (κ1) is 14.9. The van der Waals surface area contributed by atoms with Gasteiger partial charge in [-0.05, 0) is 30.3 Å². The number of halogens is 1. The van der Waals surface area contributed by atoms with E-state index in [0.29, 0.717) is 5.02 Å². The molecule has 0 fully saturated rings. The second-order valence-corrected chi connectivity index (χ2v) is 4.94. The molecule has 108 valence electrons. The van der Waals surface area contributed by atoms with E-state index >= 15 is 0 Å². The lowest BCUT2D eigenvalue weighted by molar-refractivity contribution is 0.414. The molecule has 1 heterocycles. The van der Waals surface area contributed by atoms with Crippen LogP contribution in [0.5, 0.6) is 5.75 Å². The second-order valence-electron chi connectivity index (χ2n) is 4.53. The summed E-state index contributed by atoms with van der Waals surface area (Å²) in [5.41, 5.74) is 2.17. The van der Waals surface area contributed by atoms with Gasteiger partial charge in [0.2, 0.25) is 0 Å². The van der Waals surface area contributed by atoms with E-state index in [0.717, 1.165) is 35.6 Å². The van der Waals surface area contributed by atoms with E-state index in [1.165, 1.54) is 0 Å². The zero-order valence-electron chi connectivity index (χ0n) is 12.1. The first-order valence-corrected chi connectivity index (χ1v) is 7.22. The standard InChI is InChI=1S/C16H20ClNO2/c1-4-15-13(8-9-20-15)16(18-5-2)12-7-6-11(19-3)10-14(12)17/h6-10,16,18H,4-5H2,1-3H3. The van der Waals surface area contributed by atoms with Crippen LogP contribution >= 0.6 is 11.6 Å². The molecule has 0 saturated carbocycles. The van der Waals surface area contributed by atoms with Crippen LogP contribution in [0.25, 0.3) is 0 Å². The molecule has 1 atom stereocenters. The van der Waals surface area contributed by atoms with E-state index in [9.17, 15) is 0 Å². The van der Waals surface area contributed by atoms with E-state index in [1.54, 1.807) is 13.4 Å². The first-order valence-electron chi connectivity index (χ1n) is 6.84. The maximum Gasteiger partial charge on any atom is 0.120 e. The summed E-state index contributed by atoms with van der Waals surface area (Å²) in [6, 6.07) is 7.81. The van der Waals surface area contributed by atoms with E-state index in [4.69, 9.17) is 20.8 Å². The van der Waals surface area contributed by atoms with Gasteiger partial charge in [-0.3, -0.25) is 0 Å². The van der Waals surface area contributed by atoms with E-state index in [-0.39, 0.29) is 6.04 Å². The molecule has 1 unspecified atom stereocenters. The molecule has 0 amide bonds. The monoisotopic (exact) mass is 293 g/mol. The van der Waals surface area contributed by atoms with Crippen molar-refractivity contribution in [2.45, 2.75) is 26.3 Å². The van der Waals surface area contributed by atoms with Gasteiger partial charge in [0.1, 0.15) is 11.5 Å². The number of methoxy groups -OCH3 is 1. The van der Waals surface area contributed by atoms with Crippen molar-refractivity contribution >= 4 is 11.6 Å². The third-order valence-corrected chi connectivity index (χ3v) is 3.67. The Morgan fingerprint density at radius 2 is 2.05 bits per heavy atom. The molecular formula is C16H20ClNO2. The van der Waals surface area contributed by atoms with Gasteiger partial charge in [-0.2, -0.15) is 0 Å². The van der Waals surface area contributed by atoms with Crippen molar-refractivity contribution in [3.63, 3.8) is 0 Å². The second kappa shape index (κ2) is 6.82. The van der Waals surface area contributed by atoms with Gasteiger partial charge in [-0.15, -0.1) is 0 Å². The Morgan fingerprint density at radius 1 is 1.25 bits per heavy atom. The third-order valence-electron chi connectivity index (χ3n) is 3.34. The fourth-order valence-corrected chi connectivity index (χ4v) is 2.64. The minimum atomic E-state index is 0.0344. The smallest absolute Gasteiger partial charge is 0.120 e. The summed E-state index contributed by atoms with van der Waals surface area (Å²) in [6.07, 6.45) is 2.59. The van der Waals surface area contributed by atoms with Crippen LogP contribution in [0.1, 0.15) is 36.8 Å². The molecule has 4 heteroatoms. The molecule has 3 nitrogen and oxygen atoms in total. The number of benzene rings is 1. The third kappa shape index (κ3) is 3.00. The lowest BCUT2D eigenvalue weighted by atomic mass is 9.98. The van der Waals surface area contributed by atoms with Gasteiger partial charge in [0, 0.05) is 17.0 Å². The average Bonchev–Trinajstić information content (AvgIpc) is 2.93. The molecule has 0 aliphatic carbocycles. The Bertz CT molecular complexity index is 565.